The summed E-state index contributed by atoms with van der Waals surface area (Å²) in [5.74, 6) is -0.106. The molecule has 0 radical (unpaired) electrons. The highest BCUT2D eigenvalue weighted by molar-refractivity contribution is 5.74. The number of carbonyl (C=O) groups is 3. The molecule has 0 unspecified atom stereocenters. The average molecular weight is 257 g/mol. The molecule has 0 aliphatic carbocycles. The van der Waals surface area contributed by atoms with Gasteiger partial charge in [0, 0.05) is 47.0 Å². The molecule has 104 valence electrons. The zero-order chi connectivity index (χ0) is 14.0. The van der Waals surface area contributed by atoms with Crippen molar-refractivity contribution in [2.24, 2.45) is 0 Å². The summed E-state index contributed by atoms with van der Waals surface area (Å²) in [6.45, 7) is 6.85. The van der Waals surface area contributed by atoms with E-state index in [1.165, 1.54) is 20.8 Å². The Hall–Kier alpha value is -1.59. The van der Waals surface area contributed by atoms with E-state index in [0.29, 0.717) is 26.2 Å². The third kappa shape index (κ3) is 9.62. The molecule has 0 heterocycles. The highest BCUT2D eigenvalue weighted by Gasteiger charge is 2.07. The fraction of sp³-hybridized carbons (Fsp3) is 0.750. The maximum atomic E-state index is 11.4. The van der Waals surface area contributed by atoms with Crippen LogP contribution in [0.1, 0.15) is 33.6 Å². The van der Waals surface area contributed by atoms with Crippen molar-refractivity contribution in [3.05, 3.63) is 0 Å². The van der Waals surface area contributed by atoms with Crippen LogP contribution in [-0.2, 0) is 14.4 Å². The van der Waals surface area contributed by atoms with Gasteiger partial charge in [0.25, 0.3) is 0 Å². The second-order valence-corrected chi connectivity index (χ2v) is 4.18. The molecule has 3 amide bonds. The van der Waals surface area contributed by atoms with Crippen LogP contribution in [0.25, 0.3) is 0 Å². The Labute approximate surface area is 108 Å². The standard InChI is InChI=1S/C12H23N3O3/c1-10(16)13-6-4-8-15(12(3)18)9-5-7-14-11(2)17/h4-9H2,1-3H3,(H,13,16)(H,14,17). The molecular formula is C12H23N3O3. The molecule has 6 heteroatoms. The normalized spacial score (nSPS) is 9.72. The first kappa shape index (κ1) is 16.4. The molecular weight excluding hydrogens is 234 g/mol. The predicted octanol–water partition coefficient (Wildman–Crippen LogP) is -0.113. The van der Waals surface area contributed by atoms with Gasteiger partial charge in [-0.25, -0.2) is 0 Å². The van der Waals surface area contributed by atoms with E-state index in [4.69, 9.17) is 0 Å². The summed E-state index contributed by atoms with van der Waals surface area (Å²) >= 11 is 0. The highest BCUT2D eigenvalue weighted by Crippen LogP contribution is 1.95. The molecule has 0 bridgehead atoms. The van der Waals surface area contributed by atoms with Crippen molar-refractivity contribution in [3.63, 3.8) is 0 Å². The van der Waals surface area contributed by atoms with Gasteiger partial charge in [0.15, 0.2) is 0 Å². The van der Waals surface area contributed by atoms with Crippen molar-refractivity contribution in [2.45, 2.75) is 33.6 Å². The monoisotopic (exact) mass is 257 g/mol. The minimum Gasteiger partial charge on any atom is -0.356 e. The van der Waals surface area contributed by atoms with Crippen LogP contribution in [0.2, 0.25) is 0 Å². The summed E-state index contributed by atoms with van der Waals surface area (Å²) in [5, 5.41) is 5.38. The van der Waals surface area contributed by atoms with Gasteiger partial charge in [-0.2, -0.15) is 0 Å². The molecule has 0 atom stereocenters. The zero-order valence-corrected chi connectivity index (χ0v) is 11.4. The predicted molar refractivity (Wildman–Crippen MR) is 68.9 cm³/mol. The lowest BCUT2D eigenvalue weighted by Crippen LogP contribution is -2.34. The molecule has 0 aliphatic rings. The molecule has 0 saturated carbocycles. The van der Waals surface area contributed by atoms with Gasteiger partial charge in [0.05, 0.1) is 0 Å². The lowest BCUT2D eigenvalue weighted by atomic mass is 10.3. The molecule has 2 N–H and O–H groups in total. The molecule has 0 saturated heterocycles. The fourth-order valence-electron chi connectivity index (χ4n) is 1.50. The van der Waals surface area contributed by atoms with Crippen LogP contribution in [0.15, 0.2) is 0 Å². The second-order valence-electron chi connectivity index (χ2n) is 4.18. The number of hydrogen-bond acceptors (Lipinski definition) is 3. The number of nitrogens with one attached hydrogen (secondary N) is 2. The molecule has 0 spiro atoms. The van der Waals surface area contributed by atoms with Crippen LogP contribution >= 0.6 is 0 Å². The molecule has 0 aliphatic heterocycles. The largest absolute Gasteiger partial charge is 0.356 e. The van der Waals surface area contributed by atoms with E-state index < -0.39 is 0 Å². The van der Waals surface area contributed by atoms with Crippen LogP contribution in [0, 0.1) is 0 Å². The quantitative estimate of drug-likeness (QED) is 0.595. The van der Waals surface area contributed by atoms with E-state index in [9.17, 15) is 14.4 Å². The summed E-state index contributed by atoms with van der Waals surface area (Å²) < 4.78 is 0. The molecule has 18 heavy (non-hydrogen) atoms. The van der Waals surface area contributed by atoms with Gasteiger partial charge in [-0.1, -0.05) is 0 Å². The average Bonchev–Trinajstić information content (AvgIpc) is 2.25. The third-order valence-corrected chi connectivity index (χ3v) is 2.40. The lowest BCUT2D eigenvalue weighted by Gasteiger charge is -2.21. The number of rotatable bonds is 8. The molecule has 0 rings (SSSR count). The van der Waals surface area contributed by atoms with Gasteiger partial charge in [-0.05, 0) is 12.8 Å². The van der Waals surface area contributed by atoms with Gasteiger partial charge >= 0.3 is 0 Å². The van der Waals surface area contributed by atoms with Crippen molar-refractivity contribution in [1.82, 2.24) is 15.5 Å². The summed E-state index contributed by atoms with van der Waals surface area (Å²) in [7, 11) is 0. The summed E-state index contributed by atoms with van der Waals surface area (Å²) in [4.78, 5) is 34.4. The smallest absolute Gasteiger partial charge is 0.219 e. The number of nitrogens with zero attached hydrogens (tertiary/aromatic N) is 1. The topological polar surface area (TPSA) is 78.5 Å². The van der Waals surface area contributed by atoms with Crippen LogP contribution < -0.4 is 10.6 Å². The van der Waals surface area contributed by atoms with E-state index in [-0.39, 0.29) is 17.7 Å². The summed E-state index contributed by atoms with van der Waals surface area (Å²) in [6, 6.07) is 0. The highest BCUT2D eigenvalue weighted by atomic mass is 16.2. The number of amides is 3. The van der Waals surface area contributed by atoms with Gasteiger partial charge in [-0.3, -0.25) is 14.4 Å². The van der Waals surface area contributed by atoms with Gasteiger partial charge < -0.3 is 15.5 Å². The lowest BCUT2D eigenvalue weighted by molar-refractivity contribution is -0.128. The van der Waals surface area contributed by atoms with Crippen LogP contribution in [0.4, 0.5) is 0 Å². The van der Waals surface area contributed by atoms with E-state index in [0.717, 1.165) is 12.8 Å². The molecule has 6 nitrogen and oxygen atoms in total. The zero-order valence-electron chi connectivity index (χ0n) is 11.4. The minimum absolute atomic E-state index is 0.0145. The van der Waals surface area contributed by atoms with Crippen LogP contribution in [0.5, 0.6) is 0 Å². The van der Waals surface area contributed by atoms with Crippen LogP contribution in [-0.4, -0.2) is 48.8 Å². The van der Waals surface area contributed by atoms with Crippen molar-refractivity contribution in [1.29, 1.82) is 0 Å². The summed E-state index contributed by atoms with van der Waals surface area (Å²) in [6.07, 6.45) is 1.47. The van der Waals surface area contributed by atoms with E-state index in [1.807, 2.05) is 0 Å². The maximum Gasteiger partial charge on any atom is 0.219 e. The Morgan fingerprint density at radius 2 is 1.22 bits per heavy atom. The SMILES string of the molecule is CC(=O)NCCCN(CCCNC(C)=O)C(C)=O. The Balaban J connectivity index is 3.75. The summed E-state index contributed by atoms with van der Waals surface area (Å²) in [5.41, 5.74) is 0. The van der Waals surface area contributed by atoms with Gasteiger partial charge in [-0.15, -0.1) is 0 Å². The van der Waals surface area contributed by atoms with Gasteiger partial charge in [0.1, 0.15) is 0 Å². The fourth-order valence-corrected chi connectivity index (χ4v) is 1.50. The number of carbonyl (C=O) groups excluding carboxylic acids is 3. The van der Waals surface area contributed by atoms with E-state index >= 15 is 0 Å². The van der Waals surface area contributed by atoms with Crippen molar-refractivity contribution in [3.8, 4) is 0 Å². The maximum absolute atomic E-state index is 11.4. The Morgan fingerprint density at radius 1 is 0.833 bits per heavy atom. The molecule has 0 fully saturated rings. The van der Waals surface area contributed by atoms with Crippen molar-refractivity contribution < 1.29 is 14.4 Å². The Morgan fingerprint density at radius 3 is 1.50 bits per heavy atom. The first-order chi connectivity index (χ1) is 8.43. The molecule has 0 aromatic carbocycles. The van der Waals surface area contributed by atoms with E-state index in [2.05, 4.69) is 10.6 Å². The second kappa shape index (κ2) is 9.44. The number of hydrogen-bond donors (Lipinski definition) is 2. The molecule has 0 aromatic heterocycles. The first-order valence-electron chi connectivity index (χ1n) is 6.18. The Kier molecular flexibility index (Phi) is 8.61. The van der Waals surface area contributed by atoms with Crippen molar-refractivity contribution in [2.75, 3.05) is 26.2 Å². The third-order valence-electron chi connectivity index (χ3n) is 2.40. The Bertz CT molecular complexity index is 270. The van der Waals surface area contributed by atoms with Crippen molar-refractivity contribution >= 4 is 17.7 Å². The van der Waals surface area contributed by atoms with Crippen LogP contribution in [0.3, 0.4) is 0 Å². The van der Waals surface area contributed by atoms with Gasteiger partial charge in [0.2, 0.25) is 17.7 Å². The van der Waals surface area contributed by atoms with E-state index in [1.54, 1.807) is 4.90 Å². The minimum atomic E-state index is -0.0602. The molecule has 0 aromatic rings. The first-order valence-corrected chi connectivity index (χ1v) is 6.18.